The Kier molecular flexibility index (Phi) is 4.66. The van der Waals surface area contributed by atoms with Crippen molar-refractivity contribution in [2.75, 3.05) is 14.2 Å². The molecule has 1 aromatic carbocycles. The number of ether oxygens (including phenoxy) is 3. The minimum absolute atomic E-state index is 0.0491. The SMILES string of the molecule is COc1ccc(C(=O)OC2CCCCC2)c(OC)c1. The second-order valence-electron chi connectivity index (χ2n) is 4.73. The summed E-state index contributed by atoms with van der Waals surface area (Å²) in [7, 11) is 3.11. The maximum atomic E-state index is 12.1. The first-order valence-corrected chi connectivity index (χ1v) is 6.67. The molecule has 0 bridgehead atoms. The molecule has 1 saturated carbocycles. The Hall–Kier alpha value is -1.71. The monoisotopic (exact) mass is 264 g/mol. The summed E-state index contributed by atoms with van der Waals surface area (Å²) in [6.45, 7) is 0. The Morgan fingerprint density at radius 2 is 1.84 bits per heavy atom. The third kappa shape index (κ3) is 3.40. The topological polar surface area (TPSA) is 44.8 Å². The van der Waals surface area contributed by atoms with Crippen LogP contribution < -0.4 is 9.47 Å². The van der Waals surface area contributed by atoms with Gasteiger partial charge in [-0.1, -0.05) is 6.42 Å². The van der Waals surface area contributed by atoms with Gasteiger partial charge in [-0.2, -0.15) is 0 Å². The Labute approximate surface area is 113 Å². The van der Waals surface area contributed by atoms with Crippen LogP contribution in [0.5, 0.6) is 11.5 Å². The number of benzene rings is 1. The van der Waals surface area contributed by atoms with Crippen molar-refractivity contribution in [2.24, 2.45) is 0 Å². The summed E-state index contributed by atoms with van der Waals surface area (Å²) >= 11 is 0. The van der Waals surface area contributed by atoms with Gasteiger partial charge in [0.2, 0.25) is 0 Å². The average Bonchev–Trinajstić information content (AvgIpc) is 2.47. The van der Waals surface area contributed by atoms with Crippen LogP contribution in [0, 0.1) is 0 Å². The molecule has 0 aliphatic heterocycles. The van der Waals surface area contributed by atoms with E-state index >= 15 is 0 Å². The van der Waals surface area contributed by atoms with E-state index < -0.39 is 0 Å². The van der Waals surface area contributed by atoms with E-state index in [0.29, 0.717) is 17.1 Å². The van der Waals surface area contributed by atoms with Gasteiger partial charge in [-0.25, -0.2) is 4.79 Å². The van der Waals surface area contributed by atoms with Crippen molar-refractivity contribution in [2.45, 2.75) is 38.2 Å². The molecule has 0 N–H and O–H groups in total. The highest BCUT2D eigenvalue weighted by Gasteiger charge is 2.21. The molecule has 19 heavy (non-hydrogen) atoms. The lowest BCUT2D eigenvalue weighted by Gasteiger charge is -2.22. The smallest absolute Gasteiger partial charge is 0.342 e. The molecule has 0 heterocycles. The summed E-state index contributed by atoms with van der Waals surface area (Å²) < 4.78 is 15.9. The van der Waals surface area contributed by atoms with Crippen LogP contribution in [-0.4, -0.2) is 26.3 Å². The molecule has 1 aliphatic rings. The molecular weight excluding hydrogens is 244 g/mol. The second kappa shape index (κ2) is 6.45. The van der Waals surface area contributed by atoms with Gasteiger partial charge in [-0.05, 0) is 37.8 Å². The van der Waals surface area contributed by atoms with Crippen molar-refractivity contribution in [1.82, 2.24) is 0 Å². The van der Waals surface area contributed by atoms with Gasteiger partial charge in [0.25, 0.3) is 0 Å². The van der Waals surface area contributed by atoms with E-state index in [4.69, 9.17) is 14.2 Å². The summed E-state index contributed by atoms with van der Waals surface area (Å²) in [6.07, 6.45) is 5.48. The predicted molar refractivity (Wildman–Crippen MR) is 71.8 cm³/mol. The van der Waals surface area contributed by atoms with Crippen LogP contribution >= 0.6 is 0 Å². The van der Waals surface area contributed by atoms with Crippen LogP contribution in [0.2, 0.25) is 0 Å². The number of methoxy groups -OCH3 is 2. The maximum absolute atomic E-state index is 12.1. The Morgan fingerprint density at radius 1 is 1.11 bits per heavy atom. The van der Waals surface area contributed by atoms with Gasteiger partial charge in [0.15, 0.2) is 0 Å². The molecular formula is C15H20O4. The van der Waals surface area contributed by atoms with E-state index in [-0.39, 0.29) is 12.1 Å². The first kappa shape index (κ1) is 13.7. The number of rotatable bonds is 4. The van der Waals surface area contributed by atoms with Crippen molar-refractivity contribution < 1.29 is 19.0 Å². The summed E-state index contributed by atoms with van der Waals surface area (Å²) in [5, 5.41) is 0. The molecule has 1 aliphatic carbocycles. The van der Waals surface area contributed by atoms with Gasteiger partial charge in [0, 0.05) is 6.07 Å². The molecule has 4 nitrogen and oxygen atoms in total. The molecule has 2 rings (SSSR count). The highest BCUT2D eigenvalue weighted by molar-refractivity contribution is 5.92. The zero-order chi connectivity index (χ0) is 13.7. The molecule has 4 heteroatoms. The molecule has 1 fully saturated rings. The molecule has 0 spiro atoms. The molecule has 0 amide bonds. The first-order valence-electron chi connectivity index (χ1n) is 6.67. The normalized spacial score (nSPS) is 15.9. The summed E-state index contributed by atoms with van der Waals surface area (Å²) in [5.74, 6) is 0.831. The van der Waals surface area contributed by atoms with E-state index in [1.54, 1.807) is 25.3 Å². The lowest BCUT2D eigenvalue weighted by molar-refractivity contribution is 0.0208. The molecule has 0 saturated heterocycles. The fourth-order valence-electron chi connectivity index (χ4n) is 2.36. The minimum Gasteiger partial charge on any atom is -0.497 e. The van der Waals surface area contributed by atoms with Gasteiger partial charge in [0.1, 0.15) is 23.2 Å². The highest BCUT2D eigenvalue weighted by Crippen LogP contribution is 2.27. The lowest BCUT2D eigenvalue weighted by Crippen LogP contribution is -2.21. The second-order valence-corrected chi connectivity index (χ2v) is 4.73. The molecule has 0 aromatic heterocycles. The van der Waals surface area contributed by atoms with Crippen LogP contribution in [-0.2, 0) is 4.74 Å². The van der Waals surface area contributed by atoms with Gasteiger partial charge in [-0.3, -0.25) is 0 Å². The quantitative estimate of drug-likeness (QED) is 0.783. The first-order chi connectivity index (χ1) is 9.24. The summed E-state index contributed by atoms with van der Waals surface area (Å²) in [6, 6.07) is 5.11. The van der Waals surface area contributed by atoms with Gasteiger partial charge in [-0.15, -0.1) is 0 Å². The largest absolute Gasteiger partial charge is 0.497 e. The van der Waals surface area contributed by atoms with Crippen molar-refractivity contribution in [3.05, 3.63) is 23.8 Å². The van der Waals surface area contributed by atoms with E-state index in [2.05, 4.69) is 0 Å². The zero-order valence-corrected chi connectivity index (χ0v) is 11.5. The number of hydrogen-bond acceptors (Lipinski definition) is 4. The molecule has 1 aromatic rings. The fraction of sp³-hybridized carbons (Fsp3) is 0.533. The van der Waals surface area contributed by atoms with Crippen LogP contribution in [0.15, 0.2) is 18.2 Å². The number of hydrogen-bond donors (Lipinski definition) is 0. The van der Waals surface area contributed by atoms with Crippen LogP contribution in [0.4, 0.5) is 0 Å². The van der Waals surface area contributed by atoms with Gasteiger partial charge < -0.3 is 14.2 Å². The standard InChI is InChI=1S/C15H20O4/c1-17-12-8-9-13(14(10-12)18-2)15(16)19-11-6-4-3-5-7-11/h8-11H,3-7H2,1-2H3. The van der Waals surface area contributed by atoms with Crippen molar-refractivity contribution >= 4 is 5.97 Å². The van der Waals surface area contributed by atoms with Crippen LogP contribution in [0.3, 0.4) is 0 Å². The highest BCUT2D eigenvalue weighted by atomic mass is 16.5. The Balaban J connectivity index is 2.09. The fourth-order valence-corrected chi connectivity index (χ4v) is 2.36. The third-order valence-electron chi connectivity index (χ3n) is 3.45. The maximum Gasteiger partial charge on any atom is 0.342 e. The van der Waals surface area contributed by atoms with Crippen molar-refractivity contribution in [3.8, 4) is 11.5 Å². The van der Waals surface area contributed by atoms with Crippen LogP contribution in [0.1, 0.15) is 42.5 Å². The molecule has 0 radical (unpaired) electrons. The third-order valence-corrected chi connectivity index (χ3v) is 3.45. The van der Waals surface area contributed by atoms with Crippen molar-refractivity contribution in [3.63, 3.8) is 0 Å². The predicted octanol–water partition coefficient (Wildman–Crippen LogP) is 3.19. The van der Waals surface area contributed by atoms with Gasteiger partial charge in [0.05, 0.1) is 14.2 Å². The van der Waals surface area contributed by atoms with E-state index in [9.17, 15) is 4.79 Å². The number of esters is 1. The minimum atomic E-state index is -0.314. The van der Waals surface area contributed by atoms with Gasteiger partial charge >= 0.3 is 5.97 Å². The van der Waals surface area contributed by atoms with E-state index in [1.807, 2.05) is 0 Å². The van der Waals surface area contributed by atoms with E-state index in [1.165, 1.54) is 13.5 Å². The molecule has 0 atom stereocenters. The average molecular weight is 264 g/mol. The number of carbonyl (C=O) groups is 1. The Morgan fingerprint density at radius 3 is 2.47 bits per heavy atom. The Bertz CT molecular complexity index is 436. The van der Waals surface area contributed by atoms with E-state index in [0.717, 1.165) is 25.7 Å². The summed E-state index contributed by atoms with van der Waals surface area (Å²) in [4.78, 5) is 12.1. The zero-order valence-electron chi connectivity index (χ0n) is 11.5. The lowest BCUT2D eigenvalue weighted by atomic mass is 9.98. The summed E-state index contributed by atoms with van der Waals surface area (Å²) in [5.41, 5.74) is 0.453. The molecule has 104 valence electrons. The van der Waals surface area contributed by atoms with Crippen molar-refractivity contribution in [1.29, 1.82) is 0 Å². The number of carbonyl (C=O) groups excluding carboxylic acids is 1. The molecule has 0 unspecified atom stereocenters. The van der Waals surface area contributed by atoms with Crippen LogP contribution in [0.25, 0.3) is 0 Å².